The van der Waals surface area contributed by atoms with Gasteiger partial charge in [-0.25, -0.2) is 4.79 Å². The molecule has 0 bridgehead atoms. The van der Waals surface area contributed by atoms with Crippen molar-refractivity contribution in [1.82, 2.24) is 15.5 Å². The highest BCUT2D eigenvalue weighted by molar-refractivity contribution is 5.87. The number of benzene rings is 1. The van der Waals surface area contributed by atoms with Crippen molar-refractivity contribution in [2.45, 2.75) is 58.8 Å². The summed E-state index contributed by atoms with van der Waals surface area (Å²) < 4.78 is 39.0. The molecular weight excluding hydrogens is 409 g/mol. The van der Waals surface area contributed by atoms with Gasteiger partial charge in [0.25, 0.3) is 0 Å². The maximum absolute atomic E-state index is 13.1. The molecule has 2 unspecified atom stereocenters. The summed E-state index contributed by atoms with van der Waals surface area (Å²) in [6.07, 6.45) is -3.67. The van der Waals surface area contributed by atoms with E-state index in [0.29, 0.717) is 31.9 Å². The predicted octanol–water partition coefficient (Wildman–Crippen LogP) is 3.87. The van der Waals surface area contributed by atoms with Crippen LogP contribution in [0.1, 0.15) is 46.6 Å². The minimum absolute atomic E-state index is 0.0558. The number of piperazine rings is 1. The first-order valence-corrected chi connectivity index (χ1v) is 10.6. The van der Waals surface area contributed by atoms with Crippen LogP contribution >= 0.6 is 0 Å². The second-order valence-corrected chi connectivity index (χ2v) is 9.07. The molecule has 1 saturated heterocycles. The van der Waals surface area contributed by atoms with Crippen molar-refractivity contribution < 1.29 is 22.8 Å². The van der Waals surface area contributed by atoms with Crippen LogP contribution in [-0.2, 0) is 11.0 Å². The van der Waals surface area contributed by atoms with Gasteiger partial charge in [0, 0.05) is 37.4 Å². The van der Waals surface area contributed by atoms with Gasteiger partial charge in [-0.3, -0.25) is 4.79 Å². The maximum atomic E-state index is 13.1. The van der Waals surface area contributed by atoms with E-state index in [1.54, 1.807) is 11.0 Å². The van der Waals surface area contributed by atoms with Gasteiger partial charge in [0.15, 0.2) is 0 Å². The van der Waals surface area contributed by atoms with E-state index < -0.39 is 29.4 Å². The lowest BCUT2D eigenvalue weighted by Crippen LogP contribution is -2.59. The molecule has 6 nitrogen and oxygen atoms in total. The molecule has 9 heteroatoms. The molecule has 1 aromatic rings. The largest absolute Gasteiger partial charge is 0.416 e. The molecule has 174 valence electrons. The summed E-state index contributed by atoms with van der Waals surface area (Å²) in [7, 11) is 0. The van der Waals surface area contributed by atoms with Crippen LogP contribution in [0.5, 0.6) is 0 Å². The van der Waals surface area contributed by atoms with E-state index in [4.69, 9.17) is 0 Å². The van der Waals surface area contributed by atoms with Crippen LogP contribution < -0.4 is 15.5 Å². The van der Waals surface area contributed by atoms with Crippen molar-refractivity contribution in [3.8, 4) is 0 Å². The Labute approximate surface area is 182 Å². The second kappa shape index (κ2) is 9.78. The number of urea groups is 1. The normalized spacial score (nSPS) is 17.2. The average molecular weight is 443 g/mol. The summed E-state index contributed by atoms with van der Waals surface area (Å²) in [5.74, 6) is -0.221. The second-order valence-electron chi connectivity index (χ2n) is 9.07. The summed E-state index contributed by atoms with van der Waals surface area (Å²) in [6.45, 7) is 11.1. The number of carbonyl (C=O) groups excluding carboxylic acids is 2. The lowest BCUT2D eigenvalue weighted by atomic mass is 9.97. The molecule has 2 rings (SSSR count). The Hall–Kier alpha value is -2.45. The third-order valence-electron chi connectivity index (χ3n) is 5.38. The molecule has 1 aliphatic rings. The van der Waals surface area contributed by atoms with Gasteiger partial charge in [0.2, 0.25) is 5.91 Å². The third kappa shape index (κ3) is 7.04. The Bertz CT molecular complexity index is 769. The summed E-state index contributed by atoms with van der Waals surface area (Å²) in [4.78, 5) is 29.0. The van der Waals surface area contributed by atoms with Gasteiger partial charge >= 0.3 is 12.2 Å². The monoisotopic (exact) mass is 442 g/mol. The number of amides is 3. The minimum Gasteiger partial charge on any atom is -0.368 e. The number of nitrogens with zero attached hydrogens (tertiary/aromatic N) is 2. The molecule has 0 spiro atoms. The number of anilines is 1. The lowest BCUT2D eigenvalue weighted by molar-refractivity contribution is -0.137. The molecule has 0 aliphatic carbocycles. The Kier molecular flexibility index (Phi) is 7.83. The Morgan fingerprint density at radius 1 is 1.10 bits per heavy atom. The molecule has 0 aromatic heterocycles. The van der Waals surface area contributed by atoms with E-state index in [0.717, 1.165) is 18.6 Å². The Morgan fingerprint density at radius 2 is 1.71 bits per heavy atom. The molecular formula is C22H33F3N4O2. The van der Waals surface area contributed by atoms with Crippen molar-refractivity contribution in [1.29, 1.82) is 0 Å². The first-order chi connectivity index (χ1) is 14.3. The highest BCUT2D eigenvalue weighted by atomic mass is 19.4. The van der Waals surface area contributed by atoms with E-state index in [2.05, 4.69) is 10.6 Å². The SMILES string of the molecule is CCC(C)C(NC(=O)NC(C)(C)C)C(=O)N1CCN(c2cccc(C(F)(F)F)c2)CC1. The lowest BCUT2D eigenvalue weighted by Gasteiger charge is -2.39. The van der Waals surface area contributed by atoms with Gasteiger partial charge in [0.05, 0.1) is 5.56 Å². The zero-order chi connectivity index (χ0) is 23.4. The average Bonchev–Trinajstić information content (AvgIpc) is 2.69. The fourth-order valence-electron chi connectivity index (χ4n) is 3.46. The fourth-order valence-corrected chi connectivity index (χ4v) is 3.46. The number of hydrogen-bond acceptors (Lipinski definition) is 3. The van der Waals surface area contributed by atoms with E-state index in [-0.39, 0.29) is 11.8 Å². The van der Waals surface area contributed by atoms with Crippen molar-refractivity contribution in [2.24, 2.45) is 5.92 Å². The van der Waals surface area contributed by atoms with Gasteiger partial charge in [-0.15, -0.1) is 0 Å². The number of hydrogen-bond donors (Lipinski definition) is 2. The minimum atomic E-state index is -4.39. The van der Waals surface area contributed by atoms with Crippen LogP contribution in [-0.4, -0.2) is 54.6 Å². The molecule has 1 aromatic carbocycles. The first-order valence-electron chi connectivity index (χ1n) is 10.6. The molecule has 2 N–H and O–H groups in total. The number of halogens is 3. The molecule has 1 fully saturated rings. The molecule has 0 saturated carbocycles. The third-order valence-corrected chi connectivity index (χ3v) is 5.38. The topological polar surface area (TPSA) is 64.7 Å². The number of carbonyl (C=O) groups is 2. The fraction of sp³-hybridized carbons (Fsp3) is 0.636. The van der Waals surface area contributed by atoms with E-state index in [1.165, 1.54) is 6.07 Å². The van der Waals surface area contributed by atoms with Crippen LogP contribution in [0.3, 0.4) is 0 Å². The Morgan fingerprint density at radius 3 is 2.23 bits per heavy atom. The summed E-state index contributed by atoms with van der Waals surface area (Å²) in [5.41, 5.74) is -0.624. The molecule has 1 heterocycles. The van der Waals surface area contributed by atoms with Crippen LogP contribution in [0.15, 0.2) is 24.3 Å². The first kappa shape index (κ1) is 24.8. The van der Waals surface area contributed by atoms with Gasteiger partial charge in [-0.2, -0.15) is 13.2 Å². The van der Waals surface area contributed by atoms with Crippen LogP contribution in [0, 0.1) is 5.92 Å². The molecule has 2 atom stereocenters. The quantitative estimate of drug-likeness (QED) is 0.728. The predicted molar refractivity (Wildman–Crippen MR) is 115 cm³/mol. The molecule has 3 amide bonds. The van der Waals surface area contributed by atoms with Crippen molar-refractivity contribution >= 4 is 17.6 Å². The van der Waals surface area contributed by atoms with Crippen LogP contribution in [0.4, 0.5) is 23.7 Å². The van der Waals surface area contributed by atoms with Gasteiger partial charge in [-0.05, 0) is 44.9 Å². The van der Waals surface area contributed by atoms with Gasteiger partial charge < -0.3 is 20.4 Å². The van der Waals surface area contributed by atoms with Crippen molar-refractivity contribution in [2.75, 3.05) is 31.1 Å². The maximum Gasteiger partial charge on any atom is 0.416 e. The molecule has 1 aliphatic heterocycles. The van der Waals surface area contributed by atoms with E-state index in [1.807, 2.05) is 39.5 Å². The van der Waals surface area contributed by atoms with E-state index in [9.17, 15) is 22.8 Å². The van der Waals surface area contributed by atoms with E-state index >= 15 is 0 Å². The highest BCUT2D eigenvalue weighted by Gasteiger charge is 2.34. The van der Waals surface area contributed by atoms with Crippen molar-refractivity contribution in [3.05, 3.63) is 29.8 Å². The number of nitrogens with one attached hydrogen (secondary N) is 2. The zero-order valence-electron chi connectivity index (χ0n) is 18.8. The summed E-state index contributed by atoms with van der Waals surface area (Å²) in [6, 6.07) is 4.17. The van der Waals surface area contributed by atoms with Crippen LogP contribution in [0.2, 0.25) is 0 Å². The smallest absolute Gasteiger partial charge is 0.368 e. The molecule has 31 heavy (non-hydrogen) atoms. The van der Waals surface area contributed by atoms with Crippen molar-refractivity contribution in [3.63, 3.8) is 0 Å². The summed E-state index contributed by atoms with van der Waals surface area (Å²) in [5, 5.41) is 5.62. The zero-order valence-corrected chi connectivity index (χ0v) is 18.8. The van der Waals surface area contributed by atoms with Gasteiger partial charge in [0.1, 0.15) is 6.04 Å². The Balaban J connectivity index is 2.04. The molecule has 0 radical (unpaired) electrons. The highest BCUT2D eigenvalue weighted by Crippen LogP contribution is 2.32. The standard InChI is InChI=1S/C22H33F3N4O2/c1-6-15(2)18(26-20(31)27-21(3,4)5)19(30)29-12-10-28(11-13-29)17-9-7-8-16(14-17)22(23,24)25/h7-9,14-15,18H,6,10-13H2,1-5H3,(H2,26,27,31). The summed E-state index contributed by atoms with van der Waals surface area (Å²) >= 11 is 0. The number of rotatable bonds is 5. The number of alkyl halides is 3. The van der Waals surface area contributed by atoms with Crippen LogP contribution in [0.25, 0.3) is 0 Å². The van der Waals surface area contributed by atoms with Gasteiger partial charge in [-0.1, -0.05) is 26.3 Å².